The van der Waals surface area contributed by atoms with Crippen molar-refractivity contribution in [2.75, 3.05) is 54.0 Å². The molecule has 0 radical (unpaired) electrons. The zero-order valence-corrected chi connectivity index (χ0v) is 19.7. The molecule has 0 spiro atoms. The highest BCUT2D eigenvalue weighted by Gasteiger charge is 2.28. The molecule has 2 aliphatic heterocycles. The molecule has 0 unspecified atom stereocenters. The van der Waals surface area contributed by atoms with Crippen LogP contribution >= 0.6 is 0 Å². The van der Waals surface area contributed by atoms with Crippen LogP contribution in [0.15, 0.2) is 52.4 Å². The second kappa shape index (κ2) is 10.1. The Morgan fingerprint density at radius 1 is 1.00 bits per heavy atom. The number of aliphatic imine (C=N–C) groups is 2. The molecule has 1 atom stereocenters. The lowest BCUT2D eigenvalue weighted by Crippen LogP contribution is -2.49. The van der Waals surface area contributed by atoms with Crippen LogP contribution in [-0.4, -0.2) is 81.2 Å². The highest BCUT2D eigenvalue weighted by molar-refractivity contribution is 6.17. The smallest absolute Gasteiger partial charge is 0.239 e. The predicted molar refractivity (Wildman–Crippen MR) is 131 cm³/mol. The fourth-order valence-electron chi connectivity index (χ4n) is 4.22. The average Bonchev–Trinajstić information content (AvgIpc) is 2.95. The summed E-state index contributed by atoms with van der Waals surface area (Å²) in [7, 11) is 5.32. The van der Waals surface area contributed by atoms with E-state index in [0.717, 1.165) is 48.8 Å². The maximum Gasteiger partial charge on any atom is 0.239 e. The Kier molecular flexibility index (Phi) is 7.05. The Hall–Kier alpha value is -3.23. The number of likely N-dealkylation sites (N-methyl/N-ethyl adjacent to an activating group) is 1. The molecule has 2 heterocycles. The summed E-state index contributed by atoms with van der Waals surface area (Å²) < 4.78 is 10.9. The fourth-order valence-corrected chi connectivity index (χ4v) is 4.22. The average molecular weight is 450 g/mol. The van der Waals surface area contributed by atoms with Crippen molar-refractivity contribution in [3.05, 3.63) is 48.0 Å². The molecule has 1 amide bonds. The molecule has 8 heteroatoms. The normalized spacial score (nSPS) is 19.1. The summed E-state index contributed by atoms with van der Waals surface area (Å²) in [6, 6.07) is 13.5. The number of piperazine rings is 1. The minimum Gasteiger partial charge on any atom is -0.493 e. The lowest BCUT2D eigenvalue weighted by Gasteiger charge is -2.32. The van der Waals surface area contributed by atoms with Gasteiger partial charge in [-0.25, -0.2) is 4.99 Å². The SMILES string of the molecule is COc1ccc([C@H]2C(C)=Nc3ccccc3N=C2NC(=O)CN2CCN(C)CC2)cc1OC. The van der Waals surface area contributed by atoms with Crippen LogP contribution in [0.5, 0.6) is 11.5 Å². The van der Waals surface area contributed by atoms with Crippen LogP contribution < -0.4 is 14.8 Å². The molecule has 0 saturated carbocycles. The Bertz CT molecular complexity index is 1070. The van der Waals surface area contributed by atoms with Crippen LogP contribution in [0.4, 0.5) is 11.4 Å². The van der Waals surface area contributed by atoms with E-state index in [4.69, 9.17) is 19.5 Å². The molecule has 1 fully saturated rings. The Labute approximate surface area is 194 Å². The largest absolute Gasteiger partial charge is 0.493 e. The van der Waals surface area contributed by atoms with E-state index in [1.807, 2.05) is 49.4 Å². The molecule has 0 aliphatic carbocycles. The number of amides is 1. The lowest BCUT2D eigenvalue weighted by molar-refractivity contribution is -0.121. The summed E-state index contributed by atoms with van der Waals surface area (Å²) in [5.41, 5.74) is 3.27. The van der Waals surface area contributed by atoms with Gasteiger partial charge in [0, 0.05) is 31.9 Å². The molecule has 2 aromatic rings. The van der Waals surface area contributed by atoms with E-state index in [1.54, 1.807) is 14.2 Å². The third-order valence-corrected chi connectivity index (χ3v) is 6.08. The van der Waals surface area contributed by atoms with Crippen LogP contribution in [0.2, 0.25) is 0 Å². The van der Waals surface area contributed by atoms with Gasteiger partial charge in [0.15, 0.2) is 11.5 Å². The van der Waals surface area contributed by atoms with Crippen molar-refractivity contribution in [1.29, 1.82) is 0 Å². The first-order valence-electron chi connectivity index (χ1n) is 11.1. The molecule has 1 saturated heterocycles. The molecule has 33 heavy (non-hydrogen) atoms. The van der Waals surface area contributed by atoms with Crippen molar-refractivity contribution >= 4 is 28.8 Å². The van der Waals surface area contributed by atoms with E-state index in [-0.39, 0.29) is 11.8 Å². The van der Waals surface area contributed by atoms with Gasteiger partial charge in [0.2, 0.25) is 5.91 Å². The first-order chi connectivity index (χ1) is 16.0. The number of hydrogen-bond donors (Lipinski definition) is 1. The molecule has 174 valence electrons. The lowest BCUT2D eigenvalue weighted by atomic mass is 9.92. The second-order valence-corrected chi connectivity index (χ2v) is 8.41. The molecule has 0 aromatic heterocycles. The summed E-state index contributed by atoms with van der Waals surface area (Å²) in [6.45, 7) is 5.97. The standard InChI is InChI=1S/C25H31N5O3/c1-17-24(18-9-10-21(32-3)22(15-18)33-4)25(27-20-8-6-5-7-19(20)26-17)28-23(31)16-30-13-11-29(2)12-14-30/h5-10,15,24H,11-14,16H2,1-4H3,(H,27,28,31)/t24-/m1/s1. The second-order valence-electron chi connectivity index (χ2n) is 8.41. The van der Waals surface area contributed by atoms with Crippen molar-refractivity contribution in [1.82, 2.24) is 15.1 Å². The Morgan fingerprint density at radius 2 is 1.67 bits per heavy atom. The first kappa shape index (κ1) is 22.9. The van der Waals surface area contributed by atoms with Gasteiger partial charge in [0.25, 0.3) is 0 Å². The first-order valence-corrected chi connectivity index (χ1v) is 11.1. The maximum atomic E-state index is 13.1. The summed E-state index contributed by atoms with van der Waals surface area (Å²) >= 11 is 0. The van der Waals surface area contributed by atoms with Gasteiger partial charge in [-0.2, -0.15) is 0 Å². The number of benzene rings is 2. The fraction of sp³-hybridized carbons (Fsp3) is 0.400. The summed E-state index contributed by atoms with van der Waals surface area (Å²) in [6.07, 6.45) is 0. The number of ether oxygens (including phenoxy) is 2. The molecule has 2 aliphatic rings. The summed E-state index contributed by atoms with van der Waals surface area (Å²) in [4.78, 5) is 27.2. The summed E-state index contributed by atoms with van der Waals surface area (Å²) in [5.74, 6) is 1.43. The van der Waals surface area contributed by atoms with Crippen molar-refractivity contribution in [2.45, 2.75) is 12.8 Å². The third-order valence-electron chi connectivity index (χ3n) is 6.08. The molecule has 8 nitrogen and oxygen atoms in total. The maximum absolute atomic E-state index is 13.1. The third kappa shape index (κ3) is 5.23. The van der Waals surface area contributed by atoms with Crippen molar-refractivity contribution < 1.29 is 14.3 Å². The molecular formula is C25H31N5O3. The number of nitrogens with one attached hydrogen (secondary N) is 1. The molecule has 0 bridgehead atoms. The molecule has 4 rings (SSSR count). The number of amidine groups is 1. The van der Waals surface area contributed by atoms with E-state index in [9.17, 15) is 4.79 Å². The van der Waals surface area contributed by atoms with Gasteiger partial charge >= 0.3 is 0 Å². The number of rotatable bonds is 5. The Balaban J connectivity index is 1.67. The molecule has 1 N–H and O–H groups in total. The number of methoxy groups -OCH3 is 2. The zero-order chi connectivity index (χ0) is 23.4. The van der Waals surface area contributed by atoms with Crippen molar-refractivity contribution in [3.8, 4) is 11.5 Å². The molecule has 2 aromatic carbocycles. The van der Waals surface area contributed by atoms with Gasteiger partial charge in [-0.1, -0.05) is 18.2 Å². The van der Waals surface area contributed by atoms with Crippen molar-refractivity contribution in [3.63, 3.8) is 0 Å². The Morgan fingerprint density at radius 3 is 2.33 bits per heavy atom. The number of fused-ring (bicyclic) bond motifs is 1. The van der Waals surface area contributed by atoms with Crippen LogP contribution in [-0.2, 0) is 4.79 Å². The number of carbonyl (C=O) groups is 1. The predicted octanol–water partition coefficient (Wildman–Crippen LogP) is 2.99. The number of carbonyl (C=O) groups excluding carboxylic acids is 1. The quantitative estimate of drug-likeness (QED) is 0.759. The van der Waals surface area contributed by atoms with Crippen LogP contribution in [0.25, 0.3) is 0 Å². The van der Waals surface area contributed by atoms with E-state index < -0.39 is 0 Å². The highest BCUT2D eigenvalue weighted by atomic mass is 16.5. The van der Waals surface area contributed by atoms with E-state index in [2.05, 4.69) is 22.2 Å². The van der Waals surface area contributed by atoms with Gasteiger partial charge in [0.1, 0.15) is 5.84 Å². The van der Waals surface area contributed by atoms with Crippen LogP contribution in [0.1, 0.15) is 18.4 Å². The van der Waals surface area contributed by atoms with E-state index >= 15 is 0 Å². The minimum atomic E-state index is -0.325. The van der Waals surface area contributed by atoms with Gasteiger partial charge in [-0.15, -0.1) is 0 Å². The number of hydrogen-bond acceptors (Lipinski definition) is 7. The van der Waals surface area contributed by atoms with E-state index in [0.29, 0.717) is 23.9 Å². The minimum absolute atomic E-state index is 0.0732. The number of para-hydroxylation sites is 2. The molecular weight excluding hydrogens is 418 g/mol. The number of nitrogens with zero attached hydrogens (tertiary/aromatic N) is 4. The highest BCUT2D eigenvalue weighted by Crippen LogP contribution is 2.36. The van der Waals surface area contributed by atoms with Gasteiger partial charge in [-0.3, -0.25) is 14.7 Å². The van der Waals surface area contributed by atoms with Crippen LogP contribution in [0.3, 0.4) is 0 Å². The monoisotopic (exact) mass is 449 g/mol. The van der Waals surface area contributed by atoms with E-state index in [1.165, 1.54) is 0 Å². The summed E-state index contributed by atoms with van der Waals surface area (Å²) in [5, 5.41) is 3.11. The zero-order valence-electron chi connectivity index (χ0n) is 19.7. The van der Waals surface area contributed by atoms with Crippen molar-refractivity contribution in [2.24, 2.45) is 9.98 Å². The van der Waals surface area contributed by atoms with Gasteiger partial charge < -0.3 is 19.7 Å². The van der Waals surface area contributed by atoms with Crippen LogP contribution in [0, 0.1) is 0 Å². The topological polar surface area (TPSA) is 78.8 Å². The van der Waals surface area contributed by atoms with Gasteiger partial charge in [0.05, 0.1) is 38.1 Å². The van der Waals surface area contributed by atoms with Gasteiger partial charge in [-0.05, 0) is 43.8 Å².